The molecule has 1 unspecified atom stereocenters. The standard InChI is InChI=1S/C7H11NO3S/c1-5(9)12-8-4-2-3-6(8)7(10)11/h6H,2-4H2,1H3,(H,10,11). The quantitative estimate of drug-likeness (QED) is 0.649. The maximum atomic E-state index is 10.7. The minimum atomic E-state index is -0.832. The van der Waals surface area contributed by atoms with E-state index in [1.807, 2.05) is 0 Å². The van der Waals surface area contributed by atoms with E-state index in [4.69, 9.17) is 5.11 Å². The van der Waals surface area contributed by atoms with Crippen LogP contribution in [0.1, 0.15) is 19.8 Å². The molecule has 1 fully saturated rings. The van der Waals surface area contributed by atoms with Crippen LogP contribution in [0.25, 0.3) is 0 Å². The fraction of sp³-hybridized carbons (Fsp3) is 0.714. The first-order valence-corrected chi connectivity index (χ1v) is 4.56. The van der Waals surface area contributed by atoms with Crippen molar-refractivity contribution in [1.29, 1.82) is 0 Å². The first kappa shape index (κ1) is 9.54. The Kier molecular flexibility index (Phi) is 3.11. The summed E-state index contributed by atoms with van der Waals surface area (Å²) in [4.78, 5) is 21.3. The fourth-order valence-corrected chi connectivity index (χ4v) is 2.13. The first-order valence-electron chi connectivity index (χ1n) is 3.79. The molecule has 12 heavy (non-hydrogen) atoms. The van der Waals surface area contributed by atoms with E-state index in [0.29, 0.717) is 13.0 Å². The molecule has 0 aliphatic carbocycles. The van der Waals surface area contributed by atoms with Crippen molar-refractivity contribution in [3.63, 3.8) is 0 Å². The molecule has 0 aromatic heterocycles. The van der Waals surface area contributed by atoms with Gasteiger partial charge in [-0.3, -0.25) is 9.59 Å². The topological polar surface area (TPSA) is 57.6 Å². The van der Waals surface area contributed by atoms with Gasteiger partial charge in [-0.25, -0.2) is 4.31 Å². The zero-order valence-electron chi connectivity index (χ0n) is 6.82. The van der Waals surface area contributed by atoms with E-state index in [2.05, 4.69) is 0 Å². The molecule has 1 rings (SSSR count). The van der Waals surface area contributed by atoms with Crippen molar-refractivity contribution in [2.24, 2.45) is 0 Å². The molecular formula is C7H11NO3S. The molecule has 5 heteroatoms. The summed E-state index contributed by atoms with van der Waals surface area (Å²) < 4.78 is 1.64. The highest BCUT2D eigenvalue weighted by molar-refractivity contribution is 8.11. The molecule has 0 spiro atoms. The molecule has 1 aliphatic rings. The zero-order valence-corrected chi connectivity index (χ0v) is 7.63. The lowest BCUT2D eigenvalue weighted by Crippen LogP contribution is -2.31. The number of carboxylic acids is 1. The SMILES string of the molecule is CC(=O)SN1CCCC1C(=O)O. The average molecular weight is 189 g/mol. The molecule has 1 saturated heterocycles. The van der Waals surface area contributed by atoms with Gasteiger partial charge < -0.3 is 5.11 Å². The molecular weight excluding hydrogens is 178 g/mol. The summed E-state index contributed by atoms with van der Waals surface area (Å²) in [5.41, 5.74) is 0. The molecule has 0 bridgehead atoms. The van der Waals surface area contributed by atoms with Crippen LogP contribution in [0.3, 0.4) is 0 Å². The number of carbonyl (C=O) groups excluding carboxylic acids is 1. The second kappa shape index (κ2) is 3.91. The zero-order chi connectivity index (χ0) is 9.14. The van der Waals surface area contributed by atoms with Crippen LogP contribution < -0.4 is 0 Å². The van der Waals surface area contributed by atoms with E-state index in [1.165, 1.54) is 6.92 Å². The van der Waals surface area contributed by atoms with Crippen LogP contribution in [0.5, 0.6) is 0 Å². The van der Waals surface area contributed by atoms with Gasteiger partial charge in [0.05, 0.1) is 0 Å². The van der Waals surface area contributed by atoms with Crippen LogP contribution in [0, 0.1) is 0 Å². The molecule has 1 heterocycles. The third-order valence-corrected chi connectivity index (χ3v) is 2.66. The van der Waals surface area contributed by atoms with Gasteiger partial charge in [0.1, 0.15) is 6.04 Å². The number of aliphatic carboxylic acids is 1. The van der Waals surface area contributed by atoms with E-state index in [9.17, 15) is 9.59 Å². The molecule has 0 aromatic rings. The van der Waals surface area contributed by atoms with E-state index in [1.54, 1.807) is 4.31 Å². The number of hydrogen-bond acceptors (Lipinski definition) is 4. The minimum Gasteiger partial charge on any atom is -0.480 e. The van der Waals surface area contributed by atoms with Gasteiger partial charge in [-0.05, 0) is 24.8 Å². The molecule has 4 nitrogen and oxygen atoms in total. The molecule has 68 valence electrons. The Labute approximate surface area is 75.1 Å². The van der Waals surface area contributed by atoms with Crippen molar-refractivity contribution in [3.05, 3.63) is 0 Å². The van der Waals surface area contributed by atoms with Crippen LogP contribution >= 0.6 is 11.9 Å². The summed E-state index contributed by atoms with van der Waals surface area (Å²) in [7, 11) is 0. The highest BCUT2D eigenvalue weighted by atomic mass is 32.2. The van der Waals surface area contributed by atoms with Crippen molar-refractivity contribution >= 4 is 23.0 Å². The van der Waals surface area contributed by atoms with Gasteiger partial charge in [0.15, 0.2) is 0 Å². The number of nitrogens with zero attached hydrogens (tertiary/aromatic N) is 1. The van der Waals surface area contributed by atoms with Crippen molar-refractivity contribution < 1.29 is 14.7 Å². The Balaban J connectivity index is 2.52. The van der Waals surface area contributed by atoms with Crippen LogP contribution in [0.4, 0.5) is 0 Å². The van der Waals surface area contributed by atoms with Crippen LogP contribution in [-0.2, 0) is 9.59 Å². The average Bonchev–Trinajstić information content (AvgIpc) is 2.33. The highest BCUT2D eigenvalue weighted by Gasteiger charge is 2.31. The molecule has 0 radical (unpaired) electrons. The Morgan fingerprint density at radius 2 is 2.25 bits per heavy atom. The van der Waals surface area contributed by atoms with Gasteiger partial charge in [0.2, 0.25) is 5.12 Å². The summed E-state index contributed by atoms with van der Waals surface area (Å²) in [6.07, 6.45) is 1.51. The van der Waals surface area contributed by atoms with Gasteiger partial charge in [-0.15, -0.1) is 0 Å². The van der Waals surface area contributed by atoms with Crippen LogP contribution in [0.2, 0.25) is 0 Å². The molecule has 1 N–H and O–H groups in total. The summed E-state index contributed by atoms with van der Waals surface area (Å²) in [5, 5.41) is 8.68. The van der Waals surface area contributed by atoms with Crippen LogP contribution in [-0.4, -0.2) is 33.1 Å². The van der Waals surface area contributed by atoms with Gasteiger partial charge >= 0.3 is 5.97 Å². The van der Waals surface area contributed by atoms with Gasteiger partial charge in [-0.1, -0.05) is 0 Å². The first-order chi connectivity index (χ1) is 5.61. The van der Waals surface area contributed by atoms with Gasteiger partial charge in [-0.2, -0.15) is 0 Å². The lowest BCUT2D eigenvalue weighted by molar-refractivity contribution is -0.140. The van der Waals surface area contributed by atoms with Crippen molar-refractivity contribution in [2.45, 2.75) is 25.8 Å². The summed E-state index contributed by atoms with van der Waals surface area (Å²) in [6, 6.07) is -0.473. The van der Waals surface area contributed by atoms with Gasteiger partial charge in [0, 0.05) is 13.5 Å². The Morgan fingerprint density at radius 1 is 1.58 bits per heavy atom. The predicted octanol–water partition coefficient (Wildman–Crippen LogP) is 0.730. The molecule has 1 aliphatic heterocycles. The third-order valence-electron chi connectivity index (χ3n) is 1.73. The Morgan fingerprint density at radius 3 is 2.75 bits per heavy atom. The van der Waals surface area contributed by atoms with E-state index < -0.39 is 12.0 Å². The molecule has 1 atom stereocenters. The van der Waals surface area contributed by atoms with Crippen molar-refractivity contribution in [2.75, 3.05) is 6.54 Å². The summed E-state index contributed by atoms with van der Waals surface area (Å²) in [5.74, 6) is -0.832. The monoisotopic (exact) mass is 189 g/mol. The van der Waals surface area contributed by atoms with Crippen molar-refractivity contribution in [3.8, 4) is 0 Å². The van der Waals surface area contributed by atoms with E-state index in [0.717, 1.165) is 18.4 Å². The minimum absolute atomic E-state index is 0.0526. The maximum absolute atomic E-state index is 10.7. The number of hydrogen-bond donors (Lipinski definition) is 1. The van der Waals surface area contributed by atoms with E-state index >= 15 is 0 Å². The highest BCUT2D eigenvalue weighted by Crippen LogP contribution is 2.25. The smallest absolute Gasteiger partial charge is 0.321 e. The largest absolute Gasteiger partial charge is 0.480 e. The lowest BCUT2D eigenvalue weighted by Gasteiger charge is -2.17. The maximum Gasteiger partial charge on any atom is 0.321 e. The van der Waals surface area contributed by atoms with E-state index in [-0.39, 0.29) is 5.12 Å². The third kappa shape index (κ3) is 2.22. The van der Waals surface area contributed by atoms with Crippen molar-refractivity contribution in [1.82, 2.24) is 4.31 Å². The van der Waals surface area contributed by atoms with Gasteiger partial charge in [0.25, 0.3) is 0 Å². The fourth-order valence-electron chi connectivity index (χ4n) is 1.26. The predicted molar refractivity (Wildman–Crippen MR) is 45.6 cm³/mol. The lowest BCUT2D eigenvalue weighted by atomic mass is 10.2. The molecule has 0 saturated carbocycles. The van der Waals surface area contributed by atoms with Crippen LogP contribution in [0.15, 0.2) is 0 Å². The number of carbonyl (C=O) groups is 2. The molecule has 0 amide bonds. The Hall–Kier alpha value is -0.550. The number of rotatable bonds is 2. The second-order valence-electron chi connectivity index (χ2n) is 2.72. The summed E-state index contributed by atoms with van der Waals surface area (Å²) in [6.45, 7) is 2.14. The molecule has 0 aromatic carbocycles. The Bertz CT molecular complexity index is 207. The summed E-state index contributed by atoms with van der Waals surface area (Å²) >= 11 is 1.01. The normalized spacial score (nSPS) is 24.2. The number of carboxylic acid groups (broad SMARTS) is 1. The second-order valence-corrected chi connectivity index (χ2v) is 3.95.